The van der Waals surface area contributed by atoms with Crippen molar-refractivity contribution in [3.8, 4) is 0 Å². The average molecular weight is 1000 g/mol. The predicted molar refractivity (Wildman–Crippen MR) is 246 cm³/mol. The Balaban J connectivity index is 0.943. The number of benzene rings is 3. The highest BCUT2D eigenvalue weighted by molar-refractivity contribution is 8.03. The number of nitro benzene ring substituents is 3. The molecule has 0 aliphatic carbocycles. The number of esters is 1. The van der Waals surface area contributed by atoms with E-state index in [0.29, 0.717) is 34.4 Å². The number of rotatable bonds is 16. The summed E-state index contributed by atoms with van der Waals surface area (Å²) in [4.78, 5) is 120. The first-order valence-electron chi connectivity index (χ1n) is 22.6. The Bertz CT molecular complexity index is 2660. The van der Waals surface area contributed by atoms with Crippen molar-refractivity contribution in [1.82, 2.24) is 24.9 Å². The van der Waals surface area contributed by atoms with Crippen LogP contribution in [-0.4, -0.2) is 137 Å². The van der Waals surface area contributed by atoms with Crippen LogP contribution in [0.1, 0.15) is 49.8 Å². The van der Waals surface area contributed by atoms with Crippen molar-refractivity contribution in [1.29, 1.82) is 0 Å². The van der Waals surface area contributed by atoms with Crippen LogP contribution >= 0.6 is 11.8 Å². The number of nitrogens with zero attached hydrogens (tertiary/aromatic N) is 7. The minimum Gasteiger partial charge on any atom is -0.456 e. The lowest BCUT2D eigenvalue weighted by Gasteiger charge is -2.46. The Morgan fingerprint density at radius 1 is 0.746 bits per heavy atom. The van der Waals surface area contributed by atoms with E-state index in [0.717, 1.165) is 0 Å². The number of nitrogens with one attached hydrogen (secondary N) is 1. The van der Waals surface area contributed by atoms with Gasteiger partial charge in [-0.1, -0.05) is 6.92 Å². The Morgan fingerprint density at radius 3 is 1.73 bits per heavy atom. The third kappa shape index (κ3) is 10.5. The Labute approximate surface area is 408 Å². The van der Waals surface area contributed by atoms with Gasteiger partial charge in [-0.05, 0) is 79.3 Å². The van der Waals surface area contributed by atoms with Gasteiger partial charge in [0.1, 0.15) is 37.6 Å². The molecule has 0 radical (unpaired) electrons. The number of ether oxygens (including phenoxy) is 3. The number of likely N-dealkylation sites (tertiary alicyclic amines) is 3. The van der Waals surface area contributed by atoms with Gasteiger partial charge in [0.2, 0.25) is 17.7 Å². The summed E-state index contributed by atoms with van der Waals surface area (Å²) in [5.74, 6) is -3.52. The summed E-state index contributed by atoms with van der Waals surface area (Å²) in [7, 11) is 0. The van der Waals surface area contributed by atoms with E-state index in [9.17, 15) is 64.2 Å². The first kappa shape index (κ1) is 49.7. The second-order valence-electron chi connectivity index (χ2n) is 17.9. The van der Waals surface area contributed by atoms with E-state index < -0.39 is 98.0 Å². The highest BCUT2D eigenvalue weighted by atomic mass is 32.2. The number of fused-ring (bicyclic) bond motifs is 1. The number of non-ortho nitro benzene ring substituents is 3. The molecule has 71 heavy (non-hydrogen) atoms. The molecule has 5 aliphatic heterocycles. The molecule has 3 aromatic carbocycles. The zero-order valence-electron chi connectivity index (χ0n) is 38.2. The molecule has 7 atom stereocenters. The molecule has 0 saturated carbocycles. The van der Waals surface area contributed by atoms with Crippen molar-refractivity contribution in [3.05, 3.63) is 130 Å². The summed E-state index contributed by atoms with van der Waals surface area (Å²) in [5, 5.41) is 46.2. The van der Waals surface area contributed by atoms with Gasteiger partial charge in [0.15, 0.2) is 0 Å². The van der Waals surface area contributed by atoms with Crippen molar-refractivity contribution in [2.75, 3.05) is 26.2 Å². The molecule has 5 aliphatic rings. The molecule has 5 heterocycles. The standard InChI is InChI=1S/C46H48N8O16S/c1-25-38-37(26(2)55)43(58)51(38)39(44(59)68-22-27-5-11-31(12-6-27)52(62)63)40(25)71-34-18-36(50(21-34)46(61)70-24-29-9-15-33(16-10-29)54(66)67)42(57)48-19-30(20-48)47-41(56)35-4-3-17-49(35)45(60)69-23-28-7-13-32(14-8-28)53(64)65/h5-16,25-26,30,34-38,55H,3-4,17-24H2,1-2H3,(H,47,56)/t25-,26-,34+,35+,36+,37-,38-/m1/s1. The van der Waals surface area contributed by atoms with Crippen molar-refractivity contribution in [3.63, 3.8) is 0 Å². The third-order valence-corrected chi connectivity index (χ3v) is 14.7. The number of nitro groups is 3. The number of aliphatic hydroxyl groups excluding tert-OH is 1. The van der Waals surface area contributed by atoms with Crippen molar-refractivity contribution in [2.24, 2.45) is 11.8 Å². The van der Waals surface area contributed by atoms with Gasteiger partial charge < -0.3 is 34.4 Å². The molecule has 5 amide bonds. The molecule has 0 aromatic heterocycles. The molecule has 374 valence electrons. The van der Waals surface area contributed by atoms with Crippen LogP contribution in [0.25, 0.3) is 0 Å². The van der Waals surface area contributed by atoms with Gasteiger partial charge in [-0.3, -0.25) is 54.5 Å². The summed E-state index contributed by atoms with van der Waals surface area (Å²) >= 11 is 1.20. The molecule has 8 rings (SSSR count). The lowest BCUT2D eigenvalue weighted by molar-refractivity contribution is -0.385. The van der Waals surface area contributed by atoms with Crippen LogP contribution in [0, 0.1) is 42.2 Å². The average Bonchev–Trinajstić information content (AvgIpc) is 4.06. The number of amides is 5. The molecule has 3 aromatic rings. The third-order valence-electron chi connectivity index (χ3n) is 13.2. The summed E-state index contributed by atoms with van der Waals surface area (Å²) in [6.07, 6.45) is -1.65. The predicted octanol–water partition coefficient (Wildman–Crippen LogP) is 4.16. The second-order valence-corrected chi connectivity index (χ2v) is 19.2. The topological polar surface area (TPSA) is 305 Å². The summed E-state index contributed by atoms with van der Waals surface area (Å²) < 4.78 is 16.7. The molecule has 25 heteroatoms. The molecular weight excluding hydrogens is 953 g/mol. The van der Waals surface area contributed by atoms with Gasteiger partial charge in [-0.2, -0.15) is 0 Å². The zero-order valence-corrected chi connectivity index (χ0v) is 39.0. The number of hydrogen-bond acceptors (Lipinski definition) is 17. The van der Waals surface area contributed by atoms with Crippen LogP contribution < -0.4 is 5.32 Å². The summed E-state index contributed by atoms with van der Waals surface area (Å²) in [5.41, 5.74) is 0.939. The van der Waals surface area contributed by atoms with E-state index >= 15 is 0 Å². The monoisotopic (exact) mass is 1000 g/mol. The summed E-state index contributed by atoms with van der Waals surface area (Å²) in [6.45, 7) is 2.94. The van der Waals surface area contributed by atoms with E-state index in [2.05, 4.69) is 5.32 Å². The van der Waals surface area contributed by atoms with Crippen LogP contribution in [-0.2, 0) is 53.2 Å². The fraction of sp³-hybridized carbons (Fsp3) is 0.435. The molecule has 0 unspecified atom stereocenters. The lowest BCUT2D eigenvalue weighted by atomic mass is 9.79. The maximum Gasteiger partial charge on any atom is 0.410 e. The highest BCUT2D eigenvalue weighted by Crippen LogP contribution is 2.52. The first-order chi connectivity index (χ1) is 33.9. The Morgan fingerprint density at radius 2 is 1.24 bits per heavy atom. The maximum atomic E-state index is 14.3. The van der Waals surface area contributed by atoms with Gasteiger partial charge in [-0.15, -0.1) is 11.8 Å². The molecule has 24 nitrogen and oxygen atoms in total. The maximum absolute atomic E-state index is 14.3. The van der Waals surface area contributed by atoms with E-state index in [1.165, 1.54) is 111 Å². The van der Waals surface area contributed by atoms with Crippen LogP contribution in [0.5, 0.6) is 0 Å². The van der Waals surface area contributed by atoms with Crippen LogP contribution in [0.2, 0.25) is 0 Å². The minimum atomic E-state index is -1.08. The zero-order chi connectivity index (χ0) is 50.8. The Kier molecular flexibility index (Phi) is 14.5. The fourth-order valence-electron chi connectivity index (χ4n) is 9.50. The quantitative estimate of drug-likeness (QED) is 0.0669. The number of carbonyl (C=O) groups excluding carboxylic acids is 6. The largest absolute Gasteiger partial charge is 0.456 e. The van der Waals surface area contributed by atoms with Crippen LogP contribution in [0.15, 0.2) is 83.4 Å². The Hall–Kier alpha value is -7.67. The van der Waals surface area contributed by atoms with Crippen molar-refractivity contribution >= 4 is 64.7 Å². The van der Waals surface area contributed by atoms with Gasteiger partial charge in [0.25, 0.3) is 17.1 Å². The van der Waals surface area contributed by atoms with E-state index in [1.807, 2.05) is 0 Å². The smallest absolute Gasteiger partial charge is 0.410 e. The van der Waals surface area contributed by atoms with Crippen molar-refractivity contribution in [2.45, 2.75) is 88.5 Å². The number of thioether (sulfide) groups is 1. The van der Waals surface area contributed by atoms with Gasteiger partial charge >= 0.3 is 18.2 Å². The molecule has 4 saturated heterocycles. The number of aliphatic hydroxyl groups is 1. The molecule has 4 fully saturated rings. The summed E-state index contributed by atoms with van der Waals surface area (Å²) in [6, 6.07) is 13.3. The lowest BCUT2D eigenvalue weighted by Crippen LogP contribution is -2.65. The van der Waals surface area contributed by atoms with Gasteiger partial charge in [-0.25, -0.2) is 14.4 Å². The van der Waals surface area contributed by atoms with E-state index in [1.54, 1.807) is 6.92 Å². The molecule has 0 bridgehead atoms. The molecule has 0 spiro atoms. The van der Waals surface area contributed by atoms with Crippen LogP contribution in [0.3, 0.4) is 0 Å². The minimum absolute atomic E-state index is 0.0432. The van der Waals surface area contributed by atoms with E-state index in [4.69, 9.17) is 14.2 Å². The number of carbonyl (C=O) groups is 6. The second kappa shape index (κ2) is 20.7. The normalized spacial score (nSPS) is 23.1. The molecule has 2 N–H and O–H groups in total. The molecular formula is C46H48N8O16S. The van der Waals surface area contributed by atoms with Crippen molar-refractivity contribution < 1.29 is 62.9 Å². The SMILES string of the molecule is C[C@@H](O)[C@H]1C(=O)N2C(C(=O)OCc3ccc([N+](=O)[O-])cc3)=C(S[C@H]3C[C@@H](C(=O)N4CC(NC(=O)[C@@H]5CCCN5C(=O)OCc5ccc([N+](=O)[O-])cc5)C4)N(C(=O)OCc4ccc([N+](=O)[O-])cc4)C3)[C@H](C)[C@H]12. The number of hydrogen-bond donors (Lipinski definition) is 2. The highest BCUT2D eigenvalue weighted by Gasteiger charge is 2.61. The van der Waals surface area contributed by atoms with E-state index in [-0.39, 0.29) is 75.2 Å². The van der Waals surface area contributed by atoms with Gasteiger partial charge in [0, 0.05) is 78.7 Å². The first-order valence-corrected chi connectivity index (χ1v) is 23.5. The fourth-order valence-corrected chi connectivity index (χ4v) is 11.0. The van der Waals surface area contributed by atoms with Gasteiger partial charge in [0.05, 0.1) is 38.9 Å². The van der Waals surface area contributed by atoms with Crippen LogP contribution in [0.4, 0.5) is 26.7 Å². The number of β-lactam (4-membered cyclic amide) rings is 1.